The van der Waals surface area contributed by atoms with Crippen molar-refractivity contribution >= 4 is 40.7 Å². The molecule has 2 aromatic heterocycles. The predicted octanol–water partition coefficient (Wildman–Crippen LogP) is 4.20. The van der Waals surface area contributed by atoms with E-state index < -0.39 is 0 Å². The smallest absolute Gasteiger partial charge is 0.271 e. The van der Waals surface area contributed by atoms with Gasteiger partial charge in [-0.15, -0.1) is 0 Å². The highest BCUT2D eigenvalue weighted by Crippen LogP contribution is 2.24. The van der Waals surface area contributed by atoms with Crippen LogP contribution in [0.1, 0.15) is 22.6 Å². The van der Waals surface area contributed by atoms with Crippen molar-refractivity contribution in [3.05, 3.63) is 63.1 Å². The Hall–Kier alpha value is -2.22. The molecular formula is C18H18Cl3N5O2. The maximum atomic E-state index is 12.2. The number of nitrogens with zero attached hydrogens (tertiary/aromatic N) is 4. The first kappa shape index (κ1) is 20.5. The van der Waals surface area contributed by atoms with E-state index in [1.807, 2.05) is 0 Å². The minimum Gasteiger partial charge on any atom is -0.471 e. The molecular weight excluding hydrogens is 425 g/mol. The van der Waals surface area contributed by atoms with E-state index in [1.165, 1.54) is 4.68 Å². The van der Waals surface area contributed by atoms with Crippen LogP contribution >= 0.6 is 34.8 Å². The average Bonchev–Trinajstić information content (AvgIpc) is 3.24. The Balaban J connectivity index is 1.44. The van der Waals surface area contributed by atoms with Crippen molar-refractivity contribution in [1.29, 1.82) is 0 Å². The van der Waals surface area contributed by atoms with E-state index in [9.17, 15) is 4.79 Å². The summed E-state index contributed by atoms with van der Waals surface area (Å²) in [6, 6.07) is 8.69. The molecule has 0 unspecified atom stereocenters. The zero-order valence-electron chi connectivity index (χ0n) is 15.0. The van der Waals surface area contributed by atoms with E-state index in [2.05, 4.69) is 15.5 Å². The summed E-state index contributed by atoms with van der Waals surface area (Å²) < 4.78 is 8.74. The molecule has 0 aliphatic heterocycles. The molecule has 148 valence electrons. The summed E-state index contributed by atoms with van der Waals surface area (Å²) >= 11 is 18.0. The summed E-state index contributed by atoms with van der Waals surface area (Å²) in [7, 11) is 0. The van der Waals surface area contributed by atoms with Gasteiger partial charge in [0.05, 0.1) is 5.69 Å². The highest BCUT2D eigenvalue weighted by molar-refractivity contribution is 6.41. The fraction of sp³-hybridized carbons (Fsp3) is 0.278. The van der Waals surface area contributed by atoms with Crippen LogP contribution in [0.3, 0.4) is 0 Å². The van der Waals surface area contributed by atoms with Gasteiger partial charge in [-0.2, -0.15) is 10.2 Å². The number of halogens is 3. The van der Waals surface area contributed by atoms with Gasteiger partial charge in [0.2, 0.25) is 0 Å². The average molecular weight is 443 g/mol. The fourth-order valence-electron chi connectivity index (χ4n) is 2.45. The van der Waals surface area contributed by atoms with Crippen LogP contribution in [0.25, 0.3) is 0 Å². The molecule has 0 saturated heterocycles. The predicted molar refractivity (Wildman–Crippen MR) is 108 cm³/mol. The van der Waals surface area contributed by atoms with Gasteiger partial charge in [-0.3, -0.25) is 9.48 Å². The Kier molecular flexibility index (Phi) is 6.83. The highest BCUT2D eigenvalue weighted by atomic mass is 35.5. The second-order valence-electron chi connectivity index (χ2n) is 5.99. The van der Waals surface area contributed by atoms with Gasteiger partial charge in [0.1, 0.15) is 21.6 Å². The first-order chi connectivity index (χ1) is 13.4. The fourth-order valence-corrected chi connectivity index (χ4v) is 3.03. The minimum atomic E-state index is -0.262. The van der Waals surface area contributed by atoms with Gasteiger partial charge in [0.25, 0.3) is 5.91 Å². The normalized spacial score (nSPS) is 10.9. The Bertz CT molecular complexity index is 970. The lowest BCUT2D eigenvalue weighted by atomic mass is 10.3. The number of ether oxygens (including phenoxy) is 1. The number of carbonyl (C=O) groups is 1. The Morgan fingerprint density at radius 1 is 1.21 bits per heavy atom. The van der Waals surface area contributed by atoms with Gasteiger partial charge in [0, 0.05) is 24.3 Å². The SMILES string of the molecule is Cc1nn(CCCNC(=O)c2ccn(COc3cccc(Cl)c3)n2)c(Cl)c1Cl. The molecule has 3 aromatic rings. The van der Waals surface area contributed by atoms with E-state index in [0.29, 0.717) is 51.8 Å². The number of benzene rings is 1. The molecule has 1 amide bonds. The number of nitrogens with one attached hydrogen (secondary N) is 1. The number of hydrogen-bond acceptors (Lipinski definition) is 4. The van der Waals surface area contributed by atoms with Crippen molar-refractivity contribution in [3.8, 4) is 5.75 Å². The first-order valence-corrected chi connectivity index (χ1v) is 9.66. The minimum absolute atomic E-state index is 0.172. The van der Waals surface area contributed by atoms with Crippen molar-refractivity contribution < 1.29 is 9.53 Å². The van der Waals surface area contributed by atoms with Crippen LogP contribution in [-0.2, 0) is 13.3 Å². The van der Waals surface area contributed by atoms with Crippen LogP contribution in [0.2, 0.25) is 15.2 Å². The molecule has 0 spiro atoms. The van der Waals surface area contributed by atoms with Crippen molar-refractivity contribution in [1.82, 2.24) is 24.9 Å². The van der Waals surface area contributed by atoms with Crippen LogP contribution in [-0.4, -0.2) is 32.0 Å². The van der Waals surface area contributed by atoms with Crippen LogP contribution in [0.4, 0.5) is 0 Å². The third kappa shape index (κ3) is 5.19. The summed E-state index contributed by atoms with van der Waals surface area (Å²) in [6.07, 6.45) is 2.33. The van der Waals surface area contributed by atoms with E-state index in [1.54, 1.807) is 48.1 Å². The van der Waals surface area contributed by atoms with Gasteiger partial charge in [-0.1, -0.05) is 40.9 Å². The Morgan fingerprint density at radius 2 is 2.04 bits per heavy atom. The zero-order chi connectivity index (χ0) is 20.1. The van der Waals surface area contributed by atoms with E-state index in [4.69, 9.17) is 39.5 Å². The van der Waals surface area contributed by atoms with Crippen LogP contribution < -0.4 is 10.1 Å². The van der Waals surface area contributed by atoms with E-state index >= 15 is 0 Å². The maximum absolute atomic E-state index is 12.2. The molecule has 1 N–H and O–H groups in total. The molecule has 1 aromatic carbocycles. The van der Waals surface area contributed by atoms with Crippen LogP contribution in [0.5, 0.6) is 5.75 Å². The van der Waals surface area contributed by atoms with E-state index in [0.717, 1.165) is 0 Å². The molecule has 0 aliphatic rings. The topological polar surface area (TPSA) is 74.0 Å². The maximum Gasteiger partial charge on any atom is 0.271 e. The lowest BCUT2D eigenvalue weighted by Gasteiger charge is -2.06. The largest absolute Gasteiger partial charge is 0.471 e. The molecule has 0 radical (unpaired) electrons. The summed E-state index contributed by atoms with van der Waals surface area (Å²) in [4.78, 5) is 12.2. The number of rotatable bonds is 8. The van der Waals surface area contributed by atoms with Gasteiger partial charge in [0.15, 0.2) is 6.73 Å². The quantitative estimate of drug-likeness (QED) is 0.531. The van der Waals surface area contributed by atoms with Crippen molar-refractivity contribution in [2.45, 2.75) is 26.6 Å². The van der Waals surface area contributed by atoms with Gasteiger partial charge in [-0.05, 0) is 37.6 Å². The molecule has 0 fully saturated rings. The number of amides is 1. The number of aromatic nitrogens is 4. The number of hydrogen-bond donors (Lipinski definition) is 1. The molecule has 0 bridgehead atoms. The first-order valence-electron chi connectivity index (χ1n) is 8.52. The van der Waals surface area contributed by atoms with Crippen molar-refractivity contribution in [3.63, 3.8) is 0 Å². The van der Waals surface area contributed by atoms with Gasteiger partial charge in [-0.25, -0.2) is 4.68 Å². The Morgan fingerprint density at radius 3 is 2.75 bits per heavy atom. The van der Waals surface area contributed by atoms with Gasteiger partial charge < -0.3 is 10.1 Å². The third-order valence-corrected chi connectivity index (χ3v) is 5.03. The summed E-state index contributed by atoms with van der Waals surface area (Å²) in [5, 5.41) is 12.7. The number of carbonyl (C=O) groups excluding carboxylic acids is 1. The van der Waals surface area contributed by atoms with Crippen molar-refractivity contribution in [2.75, 3.05) is 6.54 Å². The second-order valence-corrected chi connectivity index (χ2v) is 7.17. The van der Waals surface area contributed by atoms with Crippen LogP contribution in [0.15, 0.2) is 36.5 Å². The molecule has 3 rings (SSSR count). The molecule has 28 heavy (non-hydrogen) atoms. The molecule has 10 heteroatoms. The summed E-state index contributed by atoms with van der Waals surface area (Å²) in [5.74, 6) is 0.365. The lowest BCUT2D eigenvalue weighted by Crippen LogP contribution is -2.26. The summed E-state index contributed by atoms with van der Waals surface area (Å²) in [6.45, 7) is 2.97. The molecule has 0 saturated carbocycles. The monoisotopic (exact) mass is 441 g/mol. The molecule has 2 heterocycles. The standard InChI is InChI=1S/C18H18Cl3N5O2/c1-12-16(20)17(21)26(23-12)8-3-7-22-18(27)15-6-9-25(24-15)11-28-14-5-2-4-13(19)10-14/h2,4-6,9-10H,3,7-8,11H2,1H3,(H,22,27). The third-order valence-electron chi connectivity index (χ3n) is 3.86. The summed E-state index contributed by atoms with van der Waals surface area (Å²) in [5.41, 5.74) is 0.993. The zero-order valence-corrected chi connectivity index (χ0v) is 17.3. The van der Waals surface area contributed by atoms with E-state index in [-0.39, 0.29) is 12.6 Å². The molecule has 7 nitrogen and oxygen atoms in total. The Labute approximate surface area is 177 Å². The molecule has 0 atom stereocenters. The number of aryl methyl sites for hydroxylation is 2. The lowest BCUT2D eigenvalue weighted by molar-refractivity contribution is 0.0945. The molecule has 0 aliphatic carbocycles. The second kappa shape index (κ2) is 9.32. The van der Waals surface area contributed by atoms with Gasteiger partial charge >= 0.3 is 0 Å². The highest BCUT2D eigenvalue weighted by Gasteiger charge is 2.12. The van der Waals surface area contributed by atoms with Crippen molar-refractivity contribution in [2.24, 2.45) is 0 Å². The van der Waals surface area contributed by atoms with Crippen LogP contribution in [0, 0.1) is 6.92 Å².